The summed E-state index contributed by atoms with van der Waals surface area (Å²) in [5, 5.41) is 7.45. The number of aromatic nitrogens is 3. The van der Waals surface area contributed by atoms with Crippen molar-refractivity contribution in [2.24, 2.45) is 0 Å². The fourth-order valence-corrected chi connectivity index (χ4v) is 2.81. The first-order valence-electron chi connectivity index (χ1n) is 6.80. The highest BCUT2D eigenvalue weighted by atomic mass is 79.9. The predicted octanol–water partition coefficient (Wildman–Crippen LogP) is 3.99. The van der Waals surface area contributed by atoms with Crippen LogP contribution in [0.15, 0.2) is 59.5 Å². The molecule has 116 valence electrons. The number of pyridine rings is 1. The Morgan fingerprint density at radius 2 is 2.00 bits per heavy atom. The third kappa shape index (κ3) is 3.97. The topological polar surface area (TPSA) is 59.8 Å². The van der Waals surface area contributed by atoms with Gasteiger partial charge in [0.15, 0.2) is 5.82 Å². The van der Waals surface area contributed by atoms with Gasteiger partial charge in [-0.25, -0.2) is 0 Å². The molecule has 0 saturated carbocycles. The van der Waals surface area contributed by atoms with Crippen molar-refractivity contribution < 1.29 is 4.79 Å². The number of hydrogen-bond acceptors (Lipinski definition) is 3. The Morgan fingerprint density at radius 3 is 2.74 bits per heavy atom. The van der Waals surface area contributed by atoms with Crippen molar-refractivity contribution in [3.63, 3.8) is 0 Å². The van der Waals surface area contributed by atoms with Gasteiger partial charge < -0.3 is 5.32 Å². The van der Waals surface area contributed by atoms with E-state index in [1.54, 1.807) is 47.5 Å². The molecule has 3 aromatic rings. The molecule has 0 saturated heterocycles. The summed E-state index contributed by atoms with van der Waals surface area (Å²) in [6.45, 7) is 0.609. The lowest BCUT2D eigenvalue weighted by Crippen LogP contribution is -2.13. The van der Waals surface area contributed by atoms with Crippen molar-refractivity contribution in [1.29, 1.82) is 0 Å². The number of amides is 1. The quantitative estimate of drug-likeness (QED) is 0.731. The summed E-state index contributed by atoms with van der Waals surface area (Å²) >= 11 is 9.39. The maximum atomic E-state index is 12.2. The summed E-state index contributed by atoms with van der Waals surface area (Å²) in [5.74, 6) is 0.180. The molecule has 0 unspecified atom stereocenters. The van der Waals surface area contributed by atoms with E-state index in [2.05, 4.69) is 31.3 Å². The van der Waals surface area contributed by atoms with Crippen LogP contribution in [0.1, 0.15) is 15.9 Å². The van der Waals surface area contributed by atoms with E-state index in [1.165, 1.54) is 0 Å². The third-order valence-electron chi connectivity index (χ3n) is 3.15. The first-order valence-corrected chi connectivity index (χ1v) is 7.98. The van der Waals surface area contributed by atoms with Gasteiger partial charge in [-0.05, 0) is 35.9 Å². The molecule has 0 aliphatic carbocycles. The van der Waals surface area contributed by atoms with E-state index >= 15 is 0 Å². The Labute approximate surface area is 146 Å². The second-order valence-corrected chi connectivity index (χ2v) is 6.16. The molecule has 1 amide bonds. The fourth-order valence-electron chi connectivity index (χ4n) is 2.05. The summed E-state index contributed by atoms with van der Waals surface area (Å²) in [7, 11) is 0. The van der Waals surface area contributed by atoms with Crippen LogP contribution in [0.5, 0.6) is 0 Å². The molecule has 1 N–H and O–H groups in total. The summed E-state index contributed by atoms with van der Waals surface area (Å²) < 4.78 is 2.56. The average molecular weight is 392 g/mol. The van der Waals surface area contributed by atoms with Crippen LogP contribution in [0, 0.1) is 0 Å². The highest BCUT2D eigenvalue weighted by molar-refractivity contribution is 9.10. The molecule has 1 aromatic carbocycles. The highest BCUT2D eigenvalue weighted by Crippen LogP contribution is 2.22. The van der Waals surface area contributed by atoms with Crippen LogP contribution in [0.3, 0.4) is 0 Å². The summed E-state index contributed by atoms with van der Waals surface area (Å²) in [5.41, 5.74) is 1.48. The molecule has 0 aliphatic heterocycles. The Bertz CT molecular complexity index is 835. The number of nitrogens with zero attached hydrogens (tertiary/aromatic N) is 3. The lowest BCUT2D eigenvalue weighted by Gasteiger charge is -2.05. The van der Waals surface area contributed by atoms with Crippen LogP contribution in [0.2, 0.25) is 5.02 Å². The summed E-state index contributed by atoms with van der Waals surface area (Å²) in [4.78, 5) is 16.2. The van der Waals surface area contributed by atoms with E-state index in [0.29, 0.717) is 22.9 Å². The van der Waals surface area contributed by atoms with Crippen molar-refractivity contribution >= 4 is 39.3 Å². The number of halogens is 2. The van der Waals surface area contributed by atoms with Gasteiger partial charge in [0, 0.05) is 29.1 Å². The van der Waals surface area contributed by atoms with Crippen molar-refractivity contribution in [3.8, 4) is 0 Å². The standard InChI is InChI=1S/C16H12BrClN4O/c17-12-1-2-13(14(18)9-12)16(23)20-15-5-8-22(21-15)10-11-3-6-19-7-4-11/h1-9H,10H2,(H,20,21,23). The molecule has 23 heavy (non-hydrogen) atoms. The van der Waals surface area contributed by atoms with E-state index < -0.39 is 0 Å². The van der Waals surface area contributed by atoms with Gasteiger partial charge in [0.2, 0.25) is 0 Å². The van der Waals surface area contributed by atoms with Crippen LogP contribution in [0.4, 0.5) is 5.82 Å². The minimum atomic E-state index is -0.295. The van der Waals surface area contributed by atoms with Gasteiger partial charge in [0.25, 0.3) is 5.91 Å². The molecule has 2 aromatic heterocycles. The minimum Gasteiger partial charge on any atom is -0.305 e. The van der Waals surface area contributed by atoms with Crippen LogP contribution < -0.4 is 5.32 Å². The molecule has 0 bridgehead atoms. The van der Waals surface area contributed by atoms with Crippen LogP contribution >= 0.6 is 27.5 Å². The fraction of sp³-hybridized carbons (Fsp3) is 0.0625. The maximum absolute atomic E-state index is 12.2. The molecule has 7 heteroatoms. The van der Waals surface area contributed by atoms with Gasteiger partial charge in [0.1, 0.15) is 0 Å². The van der Waals surface area contributed by atoms with Crippen molar-refractivity contribution in [3.05, 3.63) is 75.6 Å². The number of carbonyl (C=O) groups is 1. The monoisotopic (exact) mass is 390 g/mol. The third-order valence-corrected chi connectivity index (χ3v) is 3.96. The largest absolute Gasteiger partial charge is 0.305 e. The van der Waals surface area contributed by atoms with Gasteiger partial charge in [-0.3, -0.25) is 14.5 Å². The first-order chi connectivity index (χ1) is 11.1. The van der Waals surface area contributed by atoms with E-state index in [4.69, 9.17) is 11.6 Å². The zero-order valence-electron chi connectivity index (χ0n) is 11.9. The number of benzene rings is 1. The molecular weight excluding hydrogens is 380 g/mol. The van der Waals surface area contributed by atoms with Crippen molar-refractivity contribution in [2.75, 3.05) is 5.32 Å². The highest BCUT2D eigenvalue weighted by Gasteiger charge is 2.12. The van der Waals surface area contributed by atoms with E-state index in [9.17, 15) is 4.79 Å². The van der Waals surface area contributed by atoms with Crippen molar-refractivity contribution in [1.82, 2.24) is 14.8 Å². The van der Waals surface area contributed by atoms with Crippen molar-refractivity contribution in [2.45, 2.75) is 6.54 Å². The molecule has 3 rings (SSSR count). The lowest BCUT2D eigenvalue weighted by molar-refractivity contribution is 0.102. The van der Waals surface area contributed by atoms with E-state index in [1.807, 2.05) is 12.1 Å². The molecule has 0 fully saturated rings. The molecule has 0 radical (unpaired) electrons. The van der Waals surface area contributed by atoms with Gasteiger partial charge in [-0.1, -0.05) is 27.5 Å². The zero-order chi connectivity index (χ0) is 16.2. The predicted molar refractivity (Wildman–Crippen MR) is 92.7 cm³/mol. The van der Waals surface area contributed by atoms with Gasteiger partial charge in [-0.15, -0.1) is 0 Å². The second kappa shape index (κ2) is 6.93. The Balaban J connectivity index is 1.70. The summed E-state index contributed by atoms with van der Waals surface area (Å²) in [6, 6.07) is 10.7. The van der Waals surface area contributed by atoms with Crippen LogP contribution in [-0.2, 0) is 6.54 Å². The normalized spacial score (nSPS) is 10.5. The SMILES string of the molecule is O=C(Nc1ccn(Cc2ccncc2)n1)c1ccc(Br)cc1Cl. The van der Waals surface area contributed by atoms with Gasteiger partial charge >= 0.3 is 0 Å². The number of anilines is 1. The van der Waals surface area contributed by atoms with E-state index in [-0.39, 0.29) is 5.91 Å². The van der Waals surface area contributed by atoms with Gasteiger partial charge in [0.05, 0.1) is 17.1 Å². The maximum Gasteiger partial charge on any atom is 0.258 e. The molecule has 2 heterocycles. The zero-order valence-corrected chi connectivity index (χ0v) is 14.3. The number of nitrogens with one attached hydrogen (secondary N) is 1. The Hall–Kier alpha value is -2.18. The molecular formula is C16H12BrClN4O. The Kier molecular flexibility index (Phi) is 4.73. The van der Waals surface area contributed by atoms with E-state index in [0.717, 1.165) is 10.0 Å². The minimum absolute atomic E-state index is 0.295. The summed E-state index contributed by atoms with van der Waals surface area (Å²) in [6.07, 6.45) is 5.27. The molecule has 0 spiro atoms. The lowest BCUT2D eigenvalue weighted by atomic mass is 10.2. The first kappa shape index (κ1) is 15.7. The Morgan fingerprint density at radius 1 is 1.22 bits per heavy atom. The number of carbonyl (C=O) groups excluding carboxylic acids is 1. The smallest absolute Gasteiger partial charge is 0.258 e. The van der Waals surface area contributed by atoms with Crippen LogP contribution in [-0.4, -0.2) is 20.7 Å². The number of hydrogen-bond donors (Lipinski definition) is 1. The molecule has 0 aliphatic rings. The second-order valence-electron chi connectivity index (χ2n) is 4.83. The van der Waals surface area contributed by atoms with Crippen LogP contribution in [0.25, 0.3) is 0 Å². The number of rotatable bonds is 4. The molecule has 0 atom stereocenters. The van der Waals surface area contributed by atoms with Gasteiger partial charge in [-0.2, -0.15) is 5.10 Å². The molecule has 5 nitrogen and oxygen atoms in total. The average Bonchev–Trinajstić information content (AvgIpc) is 2.95.